The van der Waals surface area contributed by atoms with Crippen LogP contribution in [0.25, 0.3) is 0 Å². The van der Waals surface area contributed by atoms with Crippen LogP contribution in [0.5, 0.6) is 0 Å². The average molecular weight is 168 g/mol. The molecule has 0 bridgehead atoms. The summed E-state index contributed by atoms with van der Waals surface area (Å²) in [6, 6.07) is 0.557. The third kappa shape index (κ3) is 2.43. The van der Waals surface area contributed by atoms with Gasteiger partial charge in [0.25, 0.3) is 0 Å². The predicted octanol–water partition coefficient (Wildman–Crippen LogP) is 1.99. The Hall–Kier alpha value is -0.660. The molecule has 70 valence electrons. The first-order chi connectivity index (χ1) is 5.74. The van der Waals surface area contributed by atoms with Crippen LogP contribution in [0.15, 0.2) is 11.4 Å². The van der Waals surface area contributed by atoms with E-state index in [2.05, 4.69) is 24.5 Å². The molecule has 0 unspecified atom stereocenters. The Bertz CT molecular complexity index is 171. The van der Waals surface area contributed by atoms with Crippen molar-refractivity contribution in [3.05, 3.63) is 11.4 Å². The minimum Gasteiger partial charge on any atom is -0.390 e. The van der Waals surface area contributed by atoms with Crippen LogP contribution in [0.3, 0.4) is 0 Å². The van der Waals surface area contributed by atoms with Crippen molar-refractivity contribution in [1.82, 2.24) is 10.6 Å². The molecule has 0 aromatic heterocycles. The minimum absolute atomic E-state index is 0.557. The van der Waals surface area contributed by atoms with Gasteiger partial charge in [-0.25, -0.2) is 0 Å². The normalized spacial score (nSPS) is 18.3. The van der Waals surface area contributed by atoms with Crippen molar-refractivity contribution in [1.29, 1.82) is 0 Å². The van der Waals surface area contributed by atoms with Crippen LogP contribution in [0.1, 0.15) is 39.5 Å². The largest absolute Gasteiger partial charge is 0.390 e. The lowest BCUT2D eigenvalue weighted by Gasteiger charge is -2.23. The van der Waals surface area contributed by atoms with Gasteiger partial charge in [0.15, 0.2) is 0 Å². The van der Waals surface area contributed by atoms with E-state index in [-0.39, 0.29) is 0 Å². The fraction of sp³-hybridized carbons (Fsp3) is 0.800. The molecule has 0 spiro atoms. The van der Waals surface area contributed by atoms with Crippen molar-refractivity contribution in [2.45, 2.75) is 45.6 Å². The highest BCUT2D eigenvalue weighted by Gasteiger charge is 2.11. The van der Waals surface area contributed by atoms with Gasteiger partial charge < -0.3 is 10.6 Å². The zero-order valence-corrected chi connectivity index (χ0v) is 8.41. The lowest BCUT2D eigenvalue weighted by Crippen LogP contribution is -2.27. The lowest BCUT2D eigenvalue weighted by molar-refractivity contribution is 0.557. The molecule has 0 fully saturated rings. The fourth-order valence-electron chi connectivity index (χ4n) is 1.69. The number of nitrogens with one attached hydrogen (secondary N) is 2. The monoisotopic (exact) mass is 168 g/mol. The molecular weight excluding hydrogens is 148 g/mol. The van der Waals surface area contributed by atoms with E-state index in [9.17, 15) is 0 Å². The summed E-state index contributed by atoms with van der Waals surface area (Å²) in [6.07, 6.45) is 5.10. The van der Waals surface area contributed by atoms with Crippen molar-refractivity contribution < 1.29 is 0 Å². The van der Waals surface area contributed by atoms with Crippen molar-refractivity contribution >= 4 is 0 Å². The maximum atomic E-state index is 3.50. The first kappa shape index (κ1) is 9.43. The minimum atomic E-state index is 0.557. The summed E-state index contributed by atoms with van der Waals surface area (Å²) < 4.78 is 0. The van der Waals surface area contributed by atoms with Gasteiger partial charge in [0.2, 0.25) is 0 Å². The number of hydrogen-bond acceptors (Lipinski definition) is 2. The third-order valence-electron chi connectivity index (χ3n) is 2.23. The zero-order chi connectivity index (χ0) is 8.97. The van der Waals surface area contributed by atoms with Gasteiger partial charge in [-0.3, -0.25) is 0 Å². The molecule has 0 saturated carbocycles. The summed E-state index contributed by atoms with van der Waals surface area (Å²) in [7, 11) is 2.02. The van der Waals surface area contributed by atoms with Crippen molar-refractivity contribution in [3.63, 3.8) is 0 Å². The zero-order valence-electron chi connectivity index (χ0n) is 8.41. The van der Waals surface area contributed by atoms with Gasteiger partial charge in [0.1, 0.15) is 0 Å². The van der Waals surface area contributed by atoms with E-state index in [1.165, 1.54) is 37.1 Å². The summed E-state index contributed by atoms with van der Waals surface area (Å²) in [4.78, 5) is 0. The first-order valence-corrected chi connectivity index (χ1v) is 4.90. The van der Waals surface area contributed by atoms with Crippen LogP contribution in [-0.4, -0.2) is 13.1 Å². The molecule has 0 heterocycles. The fourth-order valence-corrected chi connectivity index (χ4v) is 1.69. The van der Waals surface area contributed by atoms with Crippen molar-refractivity contribution in [3.8, 4) is 0 Å². The maximum Gasteiger partial charge on any atom is 0.0301 e. The third-order valence-corrected chi connectivity index (χ3v) is 2.23. The van der Waals surface area contributed by atoms with Gasteiger partial charge in [-0.05, 0) is 39.5 Å². The van der Waals surface area contributed by atoms with Crippen LogP contribution >= 0.6 is 0 Å². The molecule has 2 nitrogen and oxygen atoms in total. The second kappa shape index (κ2) is 4.39. The summed E-state index contributed by atoms with van der Waals surface area (Å²) in [5.41, 5.74) is 2.84. The Kier molecular flexibility index (Phi) is 3.45. The second-order valence-electron chi connectivity index (χ2n) is 3.71. The molecule has 1 aliphatic carbocycles. The molecule has 2 heteroatoms. The standard InChI is InChI=1S/C10H20N2/c1-8(2)12-10-7-5-4-6-9(10)11-3/h8,11-12H,4-7H2,1-3H3. The smallest absolute Gasteiger partial charge is 0.0301 e. The van der Waals surface area contributed by atoms with E-state index >= 15 is 0 Å². The summed E-state index contributed by atoms with van der Waals surface area (Å²) >= 11 is 0. The molecule has 0 aliphatic heterocycles. The predicted molar refractivity (Wildman–Crippen MR) is 52.8 cm³/mol. The number of rotatable bonds is 3. The van der Waals surface area contributed by atoms with E-state index < -0.39 is 0 Å². The lowest BCUT2D eigenvalue weighted by atomic mass is 10.0. The van der Waals surface area contributed by atoms with E-state index in [0.29, 0.717) is 6.04 Å². The Morgan fingerprint density at radius 1 is 1.08 bits per heavy atom. The number of hydrogen-bond donors (Lipinski definition) is 2. The topological polar surface area (TPSA) is 24.1 Å². The molecule has 0 amide bonds. The first-order valence-electron chi connectivity index (χ1n) is 4.90. The highest BCUT2D eigenvalue weighted by atomic mass is 15.0. The Labute approximate surface area is 75.4 Å². The van der Waals surface area contributed by atoms with Gasteiger partial charge in [0, 0.05) is 24.5 Å². The van der Waals surface area contributed by atoms with Gasteiger partial charge in [-0.1, -0.05) is 0 Å². The van der Waals surface area contributed by atoms with Gasteiger partial charge >= 0.3 is 0 Å². The van der Waals surface area contributed by atoms with Crippen molar-refractivity contribution in [2.75, 3.05) is 7.05 Å². The van der Waals surface area contributed by atoms with Gasteiger partial charge in [-0.2, -0.15) is 0 Å². The van der Waals surface area contributed by atoms with Gasteiger partial charge in [-0.15, -0.1) is 0 Å². The molecule has 0 aromatic carbocycles. The molecule has 0 aromatic rings. The van der Waals surface area contributed by atoms with Crippen LogP contribution in [0.2, 0.25) is 0 Å². The van der Waals surface area contributed by atoms with E-state index in [4.69, 9.17) is 0 Å². The van der Waals surface area contributed by atoms with Crippen LogP contribution in [0.4, 0.5) is 0 Å². The maximum absolute atomic E-state index is 3.50. The van der Waals surface area contributed by atoms with Crippen LogP contribution in [0, 0.1) is 0 Å². The Morgan fingerprint density at radius 3 is 2.17 bits per heavy atom. The Morgan fingerprint density at radius 2 is 1.67 bits per heavy atom. The molecule has 0 radical (unpaired) electrons. The van der Waals surface area contributed by atoms with Crippen molar-refractivity contribution in [2.24, 2.45) is 0 Å². The molecule has 1 aliphatic rings. The molecule has 1 rings (SSSR count). The molecule has 0 saturated heterocycles. The summed E-state index contributed by atoms with van der Waals surface area (Å²) in [5.74, 6) is 0. The van der Waals surface area contributed by atoms with E-state index in [0.717, 1.165) is 0 Å². The quantitative estimate of drug-likeness (QED) is 0.673. The Balaban J connectivity index is 2.60. The second-order valence-corrected chi connectivity index (χ2v) is 3.71. The van der Waals surface area contributed by atoms with Gasteiger partial charge in [0.05, 0.1) is 0 Å². The van der Waals surface area contributed by atoms with E-state index in [1.54, 1.807) is 0 Å². The van der Waals surface area contributed by atoms with Crippen LogP contribution < -0.4 is 10.6 Å². The van der Waals surface area contributed by atoms with E-state index in [1.807, 2.05) is 7.05 Å². The molecular formula is C10H20N2. The van der Waals surface area contributed by atoms with Crippen LogP contribution in [-0.2, 0) is 0 Å². The molecule has 12 heavy (non-hydrogen) atoms. The number of allylic oxidation sites excluding steroid dienone is 2. The summed E-state index contributed by atoms with van der Waals surface area (Å²) in [5, 5.41) is 6.78. The molecule has 2 N–H and O–H groups in total. The summed E-state index contributed by atoms with van der Waals surface area (Å²) in [6.45, 7) is 4.38. The molecule has 0 atom stereocenters. The average Bonchev–Trinajstić information content (AvgIpc) is 2.04. The highest BCUT2D eigenvalue weighted by molar-refractivity contribution is 5.13. The SMILES string of the molecule is CNC1=C(NC(C)C)CCCC1. The highest BCUT2D eigenvalue weighted by Crippen LogP contribution is 2.20.